The van der Waals surface area contributed by atoms with E-state index in [1.54, 1.807) is 16.8 Å². The Morgan fingerprint density at radius 1 is 1.05 bits per heavy atom. The van der Waals surface area contributed by atoms with E-state index in [1.807, 2.05) is 30.7 Å². The topological polar surface area (TPSA) is 82.7 Å². The van der Waals surface area contributed by atoms with Crippen molar-refractivity contribution in [3.63, 3.8) is 0 Å². The van der Waals surface area contributed by atoms with Gasteiger partial charge in [-0.05, 0) is 62.2 Å². The van der Waals surface area contributed by atoms with Crippen LogP contribution >= 0.6 is 0 Å². The molecule has 4 aromatic rings. The van der Waals surface area contributed by atoms with Gasteiger partial charge in [-0.15, -0.1) is 0 Å². The number of hydrogen-bond donors (Lipinski definition) is 1. The molecular formula is C27H36FN7OSi. The van der Waals surface area contributed by atoms with Crippen LogP contribution in [0.3, 0.4) is 0 Å². The van der Waals surface area contributed by atoms with Crippen molar-refractivity contribution >= 4 is 20.7 Å². The van der Waals surface area contributed by atoms with E-state index in [1.165, 1.54) is 18.5 Å². The first-order chi connectivity index (χ1) is 17.6. The molecule has 0 aliphatic carbocycles. The maximum Gasteiger partial charge on any atom is 0.179 e. The summed E-state index contributed by atoms with van der Waals surface area (Å²) in [6.07, 6.45) is 2.25. The van der Waals surface area contributed by atoms with Gasteiger partial charge in [0.2, 0.25) is 0 Å². The SMILES string of the molecule is CCc1c(Nc2cc(-n3nc(C)cc3C)ncn2)nn(CCO[SiH](C)C(C)(C)C)c1-c1ccc(F)cc1. The quantitative estimate of drug-likeness (QED) is 0.282. The third-order valence-electron chi connectivity index (χ3n) is 6.54. The van der Waals surface area contributed by atoms with Crippen LogP contribution in [0.15, 0.2) is 42.7 Å². The molecule has 0 saturated heterocycles. The minimum Gasteiger partial charge on any atom is -0.418 e. The van der Waals surface area contributed by atoms with E-state index in [2.05, 4.69) is 54.6 Å². The highest BCUT2D eigenvalue weighted by atomic mass is 28.3. The number of nitrogens with zero attached hydrogens (tertiary/aromatic N) is 6. The predicted molar refractivity (Wildman–Crippen MR) is 148 cm³/mol. The summed E-state index contributed by atoms with van der Waals surface area (Å²) in [5.41, 5.74) is 4.80. The highest BCUT2D eigenvalue weighted by molar-refractivity contribution is 6.53. The second-order valence-corrected chi connectivity index (χ2v) is 13.7. The van der Waals surface area contributed by atoms with Crippen LogP contribution in [0, 0.1) is 19.7 Å². The predicted octanol–water partition coefficient (Wildman–Crippen LogP) is 5.76. The van der Waals surface area contributed by atoms with E-state index in [0.717, 1.165) is 34.6 Å². The number of benzene rings is 1. The van der Waals surface area contributed by atoms with Crippen LogP contribution in [-0.4, -0.2) is 45.2 Å². The van der Waals surface area contributed by atoms with E-state index in [-0.39, 0.29) is 10.9 Å². The number of rotatable bonds is 9. The fourth-order valence-corrected chi connectivity index (χ4v) is 5.07. The zero-order valence-electron chi connectivity index (χ0n) is 22.7. The Labute approximate surface area is 219 Å². The summed E-state index contributed by atoms with van der Waals surface area (Å²) in [4.78, 5) is 8.83. The Morgan fingerprint density at radius 2 is 1.78 bits per heavy atom. The third kappa shape index (κ3) is 6.14. The van der Waals surface area contributed by atoms with Crippen molar-refractivity contribution in [1.82, 2.24) is 29.5 Å². The zero-order chi connectivity index (χ0) is 26.7. The Hall–Kier alpha value is -3.37. The lowest BCUT2D eigenvalue weighted by molar-refractivity contribution is 0.282. The maximum atomic E-state index is 13.7. The average molecular weight is 522 g/mol. The molecule has 0 saturated carbocycles. The van der Waals surface area contributed by atoms with Gasteiger partial charge in [0.1, 0.15) is 18.0 Å². The summed E-state index contributed by atoms with van der Waals surface area (Å²) >= 11 is 0. The van der Waals surface area contributed by atoms with Crippen LogP contribution in [-0.2, 0) is 17.4 Å². The molecule has 196 valence electrons. The lowest BCUT2D eigenvalue weighted by Crippen LogP contribution is -2.27. The lowest BCUT2D eigenvalue weighted by atomic mass is 10.1. The largest absolute Gasteiger partial charge is 0.418 e. The second-order valence-electron chi connectivity index (χ2n) is 10.4. The van der Waals surface area contributed by atoms with Crippen molar-refractivity contribution in [2.45, 2.75) is 66.1 Å². The molecule has 3 heterocycles. The van der Waals surface area contributed by atoms with Crippen LogP contribution in [0.1, 0.15) is 44.6 Å². The van der Waals surface area contributed by atoms with Gasteiger partial charge in [-0.1, -0.05) is 27.7 Å². The minimum atomic E-state index is -1.37. The van der Waals surface area contributed by atoms with Crippen molar-refractivity contribution in [3.05, 3.63) is 65.5 Å². The molecule has 0 amide bonds. The van der Waals surface area contributed by atoms with Gasteiger partial charge in [0.15, 0.2) is 20.7 Å². The summed E-state index contributed by atoms with van der Waals surface area (Å²) < 4.78 is 23.7. The van der Waals surface area contributed by atoms with Gasteiger partial charge in [0.25, 0.3) is 0 Å². The molecule has 1 atom stereocenters. The molecule has 4 rings (SSSR count). The van der Waals surface area contributed by atoms with Crippen LogP contribution in [0.4, 0.5) is 16.0 Å². The van der Waals surface area contributed by atoms with Crippen molar-refractivity contribution in [3.8, 4) is 17.1 Å². The normalized spacial score (nSPS) is 12.6. The van der Waals surface area contributed by atoms with E-state index < -0.39 is 9.04 Å². The van der Waals surface area contributed by atoms with Crippen LogP contribution < -0.4 is 5.32 Å². The Balaban J connectivity index is 1.68. The summed E-state index contributed by atoms with van der Waals surface area (Å²) in [5.74, 6) is 1.74. The summed E-state index contributed by atoms with van der Waals surface area (Å²) in [5, 5.41) is 13.0. The molecule has 0 fully saturated rings. The number of nitrogens with one attached hydrogen (secondary N) is 1. The highest BCUT2D eigenvalue weighted by Crippen LogP contribution is 2.32. The Kier molecular flexibility index (Phi) is 7.89. The van der Waals surface area contributed by atoms with Crippen molar-refractivity contribution in [2.75, 3.05) is 11.9 Å². The minimum absolute atomic E-state index is 0.182. The third-order valence-corrected chi connectivity index (χ3v) is 9.71. The van der Waals surface area contributed by atoms with E-state index >= 15 is 0 Å². The van der Waals surface area contributed by atoms with Crippen molar-refractivity contribution in [2.24, 2.45) is 0 Å². The number of aromatic nitrogens is 6. The average Bonchev–Trinajstić information content (AvgIpc) is 3.37. The first kappa shape index (κ1) is 26.7. The van der Waals surface area contributed by atoms with Gasteiger partial charge in [0, 0.05) is 22.9 Å². The first-order valence-corrected chi connectivity index (χ1v) is 14.9. The number of anilines is 2. The monoisotopic (exact) mass is 521 g/mol. The molecule has 0 aliphatic rings. The Bertz CT molecular complexity index is 1360. The molecule has 0 spiro atoms. The number of aryl methyl sites for hydroxylation is 2. The molecule has 1 unspecified atom stereocenters. The molecule has 0 radical (unpaired) electrons. The Morgan fingerprint density at radius 3 is 2.41 bits per heavy atom. The maximum absolute atomic E-state index is 13.7. The molecule has 1 N–H and O–H groups in total. The second kappa shape index (κ2) is 10.9. The van der Waals surface area contributed by atoms with Crippen molar-refractivity contribution < 1.29 is 8.82 Å². The molecular weight excluding hydrogens is 485 g/mol. The lowest BCUT2D eigenvalue weighted by Gasteiger charge is -2.25. The molecule has 3 aromatic heterocycles. The molecule has 37 heavy (non-hydrogen) atoms. The summed E-state index contributed by atoms with van der Waals surface area (Å²) in [7, 11) is -1.37. The smallest absolute Gasteiger partial charge is 0.179 e. The molecule has 0 aliphatic heterocycles. The van der Waals surface area contributed by atoms with Crippen molar-refractivity contribution in [1.29, 1.82) is 0 Å². The molecule has 8 nitrogen and oxygen atoms in total. The zero-order valence-corrected chi connectivity index (χ0v) is 23.9. The fourth-order valence-electron chi connectivity index (χ4n) is 4.11. The highest BCUT2D eigenvalue weighted by Gasteiger charge is 2.24. The van der Waals surface area contributed by atoms with E-state index in [9.17, 15) is 4.39 Å². The molecule has 1 aromatic carbocycles. The van der Waals surface area contributed by atoms with E-state index in [0.29, 0.717) is 30.6 Å². The summed E-state index contributed by atoms with van der Waals surface area (Å²) in [6, 6.07) is 10.4. The van der Waals surface area contributed by atoms with Crippen LogP contribution in [0.25, 0.3) is 17.1 Å². The van der Waals surface area contributed by atoms with E-state index in [4.69, 9.17) is 9.52 Å². The standard InChI is InChI=1S/C27H36FN7OSi/c1-8-22-25(20-9-11-21(28)12-10-20)34(13-14-36-37(7)27(4,5)6)33-26(22)31-23-16-24(30-17-29-23)35-19(3)15-18(2)32-35/h9-12,15-17,37H,8,13-14H2,1-7H3,(H,29,30,31,33). The fraction of sp³-hybridized carbons (Fsp3) is 0.407. The number of halogens is 1. The van der Waals surface area contributed by atoms with Gasteiger partial charge in [-0.3, -0.25) is 4.68 Å². The van der Waals surface area contributed by atoms with Crippen LogP contribution in [0.5, 0.6) is 0 Å². The van der Waals surface area contributed by atoms with Gasteiger partial charge in [-0.25, -0.2) is 19.0 Å². The van der Waals surface area contributed by atoms with Gasteiger partial charge >= 0.3 is 0 Å². The first-order valence-electron chi connectivity index (χ1n) is 12.7. The van der Waals surface area contributed by atoms with Gasteiger partial charge < -0.3 is 9.74 Å². The summed E-state index contributed by atoms with van der Waals surface area (Å²) in [6.45, 7) is 16.1. The molecule has 10 heteroatoms. The van der Waals surface area contributed by atoms with Gasteiger partial charge in [-0.2, -0.15) is 10.2 Å². The molecule has 0 bridgehead atoms. The van der Waals surface area contributed by atoms with Crippen LogP contribution in [0.2, 0.25) is 11.6 Å². The van der Waals surface area contributed by atoms with Gasteiger partial charge in [0.05, 0.1) is 24.5 Å². The number of hydrogen-bond acceptors (Lipinski definition) is 6.